The van der Waals surface area contributed by atoms with Gasteiger partial charge in [0, 0.05) is 13.1 Å². The van der Waals surface area contributed by atoms with Gasteiger partial charge in [-0.1, -0.05) is 19.3 Å². The Morgan fingerprint density at radius 1 is 1.15 bits per heavy atom. The van der Waals surface area contributed by atoms with Crippen LogP contribution in [0.5, 0.6) is 0 Å². The van der Waals surface area contributed by atoms with E-state index in [1.807, 2.05) is 0 Å². The van der Waals surface area contributed by atoms with Crippen LogP contribution in [0, 0.1) is 11.8 Å². The predicted octanol–water partition coefficient (Wildman–Crippen LogP) is 1.78. The van der Waals surface area contributed by atoms with Gasteiger partial charge in [0.15, 0.2) is 0 Å². The van der Waals surface area contributed by atoms with E-state index in [9.17, 15) is 13.2 Å². The van der Waals surface area contributed by atoms with Gasteiger partial charge >= 0.3 is 5.97 Å². The molecule has 2 aliphatic rings. The molecule has 116 valence electrons. The molecular formula is C14H25NO4S. The van der Waals surface area contributed by atoms with Crippen molar-refractivity contribution < 1.29 is 17.9 Å². The number of esters is 1. The number of hydrogen-bond acceptors (Lipinski definition) is 4. The maximum Gasteiger partial charge on any atom is 0.309 e. The van der Waals surface area contributed by atoms with Crippen LogP contribution in [-0.4, -0.2) is 44.6 Å². The molecule has 0 radical (unpaired) electrons. The van der Waals surface area contributed by atoms with E-state index >= 15 is 0 Å². The highest BCUT2D eigenvalue weighted by Gasteiger charge is 2.34. The summed E-state index contributed by atoms with van der Waals surface area (Å²) < 4.78 is 31.2. The maximum absolute atomic E-state index is 12.5. The van der Waals surface area contributed by atoms with E-state index in [-0.39, 0.29) is 17.6 Å². The lowest BCUT2D eigenvalue weighted by molar-refractivity contribution is -0.146. The third kappa shape index (κ3) is 3.95. The van der Waals surface area contributed by atoms with Crippen LogP contribution in [0.4, 0.5) is 0 Å². The van der Waals surface area contributed by atoms with Crippen molar-refractivity contribution in [3.63, 3.8) is 0 Å². The summed E-state index contributed by atoms with van der Waals surface area (Å²) in [5, 5.41) is 0. The van der Waals surface area contributed by atoms with Gasteiger partial charge in [0.2, 0.25) is 10.0 Å². The molecule has 1 saturated heterocycles. The first-order chi connectivity index (χ1) is 9.53. The molecule has 2 fully saturated rings. The van der Waals surface area contributed by atoms with Gasteiger partial charge < -0.3 is 4.74 Å². The summed E-state index contributed by atoms with van der Waals surface area (Å²) in [6.07, 6.45) is 7.02. The van der Waals surface area contributed by atoms with Crippen LogP contribution in [0.25, 0.3) is 0 Å². The molecule has 0 amide bonds. The molecule has 2 rings (SSSR count). The second-order valence-corrected chi connectivity index (χ2v) is 8.02. The Morgan fingerprint density at radius 2 is 1.85 bits per heavy atom. The van der Waals surface area contributed by atoms with Crippen LogP contribution in [0.1, 0.15) is 44.9 Å². The Labute approximate surface area is 121 Å². The zero-order valence-electron chi connectivity index (χ0n) is 12.2. The lowest BCUT2D eigenvalue weighted by atomic mass is 9.91. The number of methoxy groups -OCH3 is 1. The molecule has 0 bridgehead atoms. The molecule has 0 aromatic rings. The number of carbonyl (C=O) groups is 1. The first kappa shape index (κ1) is 15.8. The fraction of sp³-hybridized carbons (Fsp3) is 0.929. The smallest absolute Gasteiger partial charge is 0.309 e. The van der Waals surface area contributed by atoms with Crippen molar-refractivity contribution in [3.05, 3.63) is 0 Å². The third-order valence-electron chi connectivity index (χ3n) is 4.48. The van der Waals surface area contributed by atoms with E-state index in [2.05, 4.69) is 0 Å². The third-order valence-corrected chi connectivity index (χ3v) is 6.49. The summed E-state index contributed by atoms with van der Waals surface area (Å²) in [7, 11) is -1.87. The van der Waals surface area contributed by atoms with Gasteiger partial charge in [-0.15, -0.1) is 0 Å². The maximum atomic E-state index is 12.5. The van der Waals surface area contributed by atoms with E-state index < -0.39 is 10.0 Å². The van der Waals surface area contributed by atoms with Crippen LogP contribution in [0.2, 0.25) is 0 Å². The minimum absolute atomic E-state index is 0.251. The van der Waals surface area contributed by atoms with Gasteiger partial charge in [0.1, 0.15) is 0 Å². The Morgan fingerprint density at radius 3 is 2.50 bits per heavy atom. The second kappa shape index (κ2) is 6.89. The molecular weight excluding hydrogens is 278 g/mol. The van der Waals surface area contributed by atoms with E-state index in [0.29, 0.717) is 19.0 Å². The fourth-order valence-corrected chi connectivity index (χ4v) is 5.27. The van der Waals surface area contributed by atoms with Crippen LogP contribution < -0.4 is 0 Å². The molecule has 1 atom stereocenters. The number of piperidine rings is 1. The zero-order valence-corrected chi connectivity index (χ0v) is 13.0. The molecule has 0 N–H and O–H groups in total. The summed E-state index contributed by atoms with van der Waals surface area (Å²) in [5.74, 6) is -0.0364. The van der Waals surface area contributed by atoms with E-state index in [1.165, 1.54) is 17.8 Å². The standard InChI is InChI=1S/C14H25NO4S/c1-19-14(16)13-8-5-9-15(10-13)20(17,18)11-12-6-3-2-4-7-12/h12-13H,2-11H2,1H3. The topological polar surface area (TPSA) is 63.7 Å². The average molecular weight is 303 g/mol. The van der Waals surface area contributed by atoms with Crippen LogP contribution in [0.3, 0.4) is 0 Å². The summed E-state index contributed by atoms with van der Waals surface area (Å²) >= 11 is 0. The van der Waals surface area contributed by atoms with Crippen molar-refractivity contribution in [2.45, 2.75) is 44.9 Å². The van der Waals surface area contributed by atoms with Crippen molar-refractivity contribution in [1.29, 1.82) is 0 Å². The number of nitrogens with zero attached hydrogens (tertiary/aromatic N) is 1. The van der Waals surface area contributed by atoms with Crippen molar-refractivity contribution in [1.82, 2.24) is 4.31 Å². The van der Waals surface area contributed by atoms with E-state index in [4.69, 9.17) is 4.74 Å². The molecule has 0 aromatic heterocycles. The van der Waals surface area contributed by atoms with Crippen LogP contribution in [-0.2, 0) is 19.6 Å². The van der Waals surface area contributed by atoms with Gasteiger partial charge in [-0.25, -0.2) is 12.7 Å². The number of ether oxygens (including phenoxy) is 1. The Balaban J connectivity index is 1.95. The lowest BCUT2D eigenvalue weighted by Gasteiger charge is -2.32. The van der Waals surface area contributed by atoms with Gasteiger partial charge in [0.05, 0.1) is 18.8 Å². The van der Waals surface area contributed by atoms with Crippen molar-refractivity contribution in [2.75, 3.05) is 26.0 Å². The summed E-state index contributed by atoms with van der Waals surface area (Å²) in [4.78, 5) is 11.6. The highest BCUT2D eigenvalue weighted by molar-refractivity contribution is 7.89. The summed E-state index contributed by atoms with van der Waals surface area (Å²) in [6, 6.07) is 0. The minimum Gasteiger partial charge on any atom is -0.469 e. The monoisotopic (exact) mass is 303 g/mol. The molecule has 6 heteroatoms. The average Bonchev–Trinajstić information content (AvgIpc) is 2.47. The lowest BCUT2D eigenvalue weighted by Crippen LogP contribution is -2.44. The first-order valence-corrected chi connectivity index (χ1v) is 9.19. The fourth-order valence-electron chi connectivity index (χ4n) is 3.31. The second-order valence-electron chi connectivity index (χ2n) is 6.00. The van der Waals surface area contributed by atoms with Gasteiger partial charge in [-0.2, -0.15) is 0 Å². The highest BCUT2D eigenvalue weighted by atomic mass is 32.2. The molecule has 1 heterocycles. The SMILES string of the molecule is COC(=O)C1CCCN(S(=O)(=O)CC2CCCCC2)C1. The summed E-state index contributed by atoms with van der Waals surface area (Å²) in [5.41, 5.74) is 0. The molecule has 1 aliphatic carbocycles. The molecule has 0 spiro atoms. The number of carbonyl (C=O) groups excluding carboxylic acids is 1. The number of rotatable bonds is 4. The normalized spacial score (nSPS) is 26.4. The first-order valence-electron chi connectivity index (χ1n) is 7.58. The largest absolute Gasteiger partial charge is 0.469 e. The quantitative estimate of drug-likeness (QED) is 0.743. The Bertz CT molecular complexity index is 428. The molecule has 5 nitrogen and oxygen atoms in total. The van der Waals surface area contributed by atoms with Crippen molar-refractivity contribution in [3.8, 4) is 0 Å². The van der Waals surface area contributed by atoms with Crippen LogP contribution in [0.15, 0.2) is 0 Å². The minimum atomic E-state index is -3.23. The summed E-state index contributed by atoms with van der Waals surface area (Å²) in [6.45, 7) is 0.838. The molecule has 1 saturated carbocycles. The van der Waals surface area contributed by atoms with Crippen molar-refractivity contribution in [2.24, 2.45) is 11.8 Å². The molecule has 20 heavy (non-hydrogen) atoms. The van der Waals surface area contributed by atoms with Gasteiger partial charge in [-0.3, -0.25) is 4.79 Å². The van der Waals surface area contributed by atoms with Crippen molar-refractivity contribution >= 4 is 16.0 Å². The Hall–Kier alpha value is -0.620. The molecule has 1 aliphatic heterocycles. The van der Waals surface area contributed by atoms with Gasteiger partial charge in [-0.05, 0) is 31.6 Å². The Kier molecular flexibility index (Phi) is 5.43. The van der Waals surface area contributed by atoms with E-state index in [0.717, 1.165) is 38.5 Å². The number of sulfonamides is 1. The highest BCUT2D eigenvalue weighted by Crippen LogP contribution is 2.27. The zero-order chi connectivity index (χ0) is 14.6. The van der Waals surface area contributed by atoms with E-state index in [1.54, 1.807) is 0 Å². The number of hydrogen-bond donors (Lipinski definition) is 0. The molecule has 0 aromatic carbocycles. The molecule has 1 unspecified atom stereocenters. The van der Waals surface area contributed by atoms with Gasteiger partial charge in [0.25, 0.3) is 0 Å². The van der Waals surface area contributed by atoms with Crippen LogP contribution >= 0.6 is 0 Å². The predicted molar refractivity (Wildman–Crippen MR) is 76.7 cm³/mol.